The Morgan fingerprint density at radius 2 is 1.64 bits per heavy atom. The van der Waals surface area contributed by atoms with Gasteiger partial charge in [-0.25, -0.2) is 4.98 Å². The second-order valence-corrected chi connectivity index (χ2v) is 7.40. The molecule has 1 heterocycles. The molecule has 1 amide bonds. The van der Waals surface area contributed by atoms with E-state index in [1.54, 1.807) is 42.5 Å². The summed E-state index contributed by atoms with van der Waals surface area (Å²) in [4.78, 5) is 30.4. The van der Waals surface area contributed by atoms with Gasteiger partial charge in [-0.15, -0.1) is 0 Å². The normalized spacial score (nSPS) is 10.8. The zero-order chi connectivity index (χ0) is 19.7. The maximum Gasteiger partial charge on any atom is 0.280 e. The van der Waals surface area contributed by atoms with Gasteiger partial charge in [-0.2, -0.15) is 4.68 Å². The SMILES string of the molecule is O=C(Nn1c(-c2ccc(Br)cc2)nc2ccccc2c1=O)c1ccc(Cl)cc1. The fourth-order valence-corrected chi connectivity index (χ4v) is 3.19. The number of carbonyl (C=O) groups is 1. The summed E-state index contributed by atoms with van der Waals surface area (Å²) in [5.74, 6) is -0.0901. The lowest BCUT2D eigenvalue weighted by Gasteiger charge is -2.15. The standard InChI is InChI=1S/C21H13BrClN3O2/c22-15-9-5-13(6-10-15)19-24-18-4-2-1-3-17(18)21(28)26(19)25-20(27)14-7-11-16(23)12-8-14/h1-12H,(H,25,27). The zero-order valence-electron chi connectivity index (χ0n) is 14.4. The van der Waals surface area contributed by atoms with E-state index in [1.165, 1.54) is 4.68 Å². The van der Waals surface area contributed by atoms with Gasteiger partial charge in [-0.05, 0) is 48.5 Å². The molecule has 7 heteroatoms. The summed E-state index contributed by atoms with van der Waals surface area (Å²) < 4.78 is 2.08. The lowest BCUT2D eigenvalue weighted by atomic mass is 10.2. The minimum absolute atomic E-state index is 0.346. The molecule has 0 unspecified atom stereocenters. The molecule has 4 rings (SSSR count). The zero-order valence-corrected chi connectivity index (χ0v) is 16.7. The van der Waals surface area contributed by atoms with Crippen molar-refractivity contribution in [3.63, 3.8) is 0 Å². The quantitative estimate of drug-likeness (QED) is 0.481. The highest BCUT2D eigenvalue weighted by Crippen LogP contribution is 2.21. The van der Waals surface area contributed by atoms with Crippen LogP contribution in [0.5, 0.6) is 0 Å². The molecule has 0 spiro atoms. The van der Waals surface area contributed by atoms with Gasteiger partial charge in [0.1, 0.15) is 0 Å². The van der Waals surface area contributed by atoms with Crippen LogP contribution in [0.4, 0.5) is 0 Å². The highest BCUT2D eigenvalue weighted by molar-refractivity contribution is 9.10. The van der Waals surface area contributed by atoms with Gasteiger partial charge < -0.3 is 0 Å². The van der Waals surface area contributed by atoms with Crippen LogP contribution in [0.15, 0.2) is 82.1 Å². The van der Waals surface area contributed by atoms with E-state index in [0.717, 1.165) is 4.47 Å². The number of para-hydroxylation sites is 1. The average molecular weight is 455 g/mol. The molecule has 4 aromatic rings. The van der Waals surface area contributed by atoms with Crippen LogP contribution in [0, 0.1) is 0 Å². The predicted octanol–water partition coefficient (Wildman–Crippen LogP) is 4.86. The Morgan fingerprint density at radius 1 is 0.964 bits per heavy atom. The number of fused-ring (bicyclic) bond motifs is 1. The molecule has 0 radical (unpaired) electrons. The smallest absolute Gasteiger partial charge is 0.267 e. The number of carbonyl (C=O) groups excluding carboxylic acids is 1. The van der Waals surface area contributed by atoms with Crippen LogP contribution in [0.3, 0.4) is 0 Å². The predicted molar refractivity (Wildman–Crippen MR) is 114 cm³/mol. The summed E-state index contributed by atoms with van der Waals surface area (Å²) in [7, 11) is 0. The number of amides is 1. The fraction of sp³-hybridized carbons (Fsp3) is 0. The minimum atomic E-state index is -0.436. The van der Waals surface area contributed by atoms with Crippen molar-refractivity contribution in [3.05, 3.63) is 98.2 Å². The number of hydrogen-bond acceptors (Lipinski definition) is 3. The largest absolute Gasteiger partial charge is 0.280 e. The summed E-state index contributed by atoms with van der Waals surface area (Å²) in [6.45, 7) is 0. The van der Waals surface area contributed by atoms with E-state index in [4.69, 9.17) is 11.6 Å². The number of nitrogens with zero attached hydrogens (tertiary/aromatic N) is 2. The van der Waals surface area contributed by atoms with Crippen LogP contribution in [0.25, 0.3) is 22.3 Å². The van der Waals surface area contributed by atoms with Crippen molar-refractivity contribution >= 4 is 44.3 Å². The molecule has 28 heavy (non-hydrogen) atoms. The monoisotopic (exact) mass is 453 g/mol. The van der Waals surface area contributed by atoms with Crippen LogP contribution in [-0.2, 0) is 0 Å². The van der Waals surface area contributed by atoms with Crippen LogP contribution in [0.2, 0.25) is 5.02 Å². The Labute approximate surface area is 173 Å². The van der Waals surface area contributed by atoms with Crippen molar-refractivity contribution in [3.8, 4) is 11.4 Å². The summed E-state index contributed by atoms with van der Waals surface area (Å²) >= 11 is 9.28. The molecule has 0 saturated carbocycles. The van der Waals surface area contributed by atoms with Gasteiger partial charge in [0.2, 0.25) is 0 Å². The molecular formula is C21H13BrClN3O2. The van der Waals surface area contributed by atoms with E-state index in [2.05, 4.69) is 26.3 Å². The van der Waals surface area contributed by atoms with Gasteiger partial charge in [-0.1, -0.05) is 51.8 Å². The first kappa shape index (κ1) is 18.4. The highest BCUT2D eigenvalue weighted by Gasteiger charge is 2.16. The molecule has 138 valence electrons. The van der Waals surface area contributed by atoms with Gasteiger partial charge in [0, 0.05) is 20.6 Å². The third-order valence-corrected chi connectivity index (χ3v) is 4.98. The number of halogens is 2. The molecule has 1 aromatic heterocycles. The summed E-state index contributed by atoms with van der Waals surface area (Å²) in [6.07, 6.45) is 0. The van der Waals surface area contributed by atoms with Gasteiger partial charge >= 0.3 is 0 Å². The van der Waals surface area contributed by atoms with Crippen molar-refractivity contribution in [2.45, 2.75) is 0 Å². The second-order valence-electron chi connectivity index (χ2n) is 6.05. The van der Waals surface area contributed by atoms with Crippen LogP contribution < -0.4 is 11.0 Å². The van der Waals surface area contributed by atoms with Crippen molar-refractivity contribution in [1.82, 2.24) is 9.66 Å². The molecule has 5 nitrogen and oxygen atoms in total. The molecule has 0 aliphatic rings. The van der Waals surface area contributed by atoms with Crippen LogP contribution in [0.1, 0.15) is 10.4 Å². The Balaban J connectivity index is 1.87. The van der Waals surface area contributed by atoms with Crippen LogP contribution in [-0.4, -0.2) is 15.6 Å². The molecule has 0 fully saturated rings. The number of benzene rings is 3. The first-order valence-electron chi connectivity index (χ1n) is 8.37. The summed E-state index contributed by atoms with van der Waals surface area (Å²) in [6, 6.07) is 20.8. The van der Waals surface area contributed by atoms with E-state index in [-0.39, 0.29) is 5.56 Å². The third kappa shape index (κ3) is 3.56. The number of hydrogen-bond donors (Lipinski definition) is 1. The van der Waals surface area contributed by atoms with E-state index in [1.807, 2.05) is 30.3 Å². The summed E-state index contributed by atoms with van der Waals surface area (Å²) in [5.41, 5.74) is 3.95. The molecule has 1 N–H and O–H groups in total. The van der Waals surface area contributed by atoms with E-state index >= 15 is 0 Å². The highest BCUT2D eigenvalue weighted by atomic mass is 79.9. The van der Waals surface area contributed by atoms with Crippen molar-refractivity contribution in [1.29, 1.82) is 0 Å². The molecule has 0 aliphatic carbocycles. The first-order chi connectivity index (χ1) is 13.5. The maximum absolute atomic E-state index is 13.1. The Hall–Kier alpha value is -2.96. The molecule has 3 aromatic carbocycles. The lowest BCUT2D eigenvalue weighted by Crippen LogP contribution is -2.35. The number of nitrogens with one attached hydrogen (secondary N) is 1. The number of aromatic nitrogens is 2. The van der Waals surface area contributed by atoms with E-state index in [9.17, 15) is 9.59 Å². The van der Waals surface area contributed by atoms with Crippen LogP contribution >= 0.6 is 27.5 Å². The molecular weight excluding hydrogens is 442 g/mol. The molecule has 0 aliphatic heterocycles. The summed E-state index contributed by atoms with van der Waals surface area (Å²) in [5, 5.41) is 0.941. The van der Waals surface area contributed by atoms with E-state index < -0.39 is 5.91 Å². The van der Waals surface area contributed by atoms with Crippen molar-refractivity contribution < 1.29 is 4.79 Å². The van der Waals surface area contributed by atoms with Gasteiger partial charge in [0.15, 0.2) is 5.82 Å². The van der Waals surface area contributed by atoms with E-state index in [0.29, 0.717) is 32.9 Å². The number of rotatable bonds is 3. The molecule has 0 saturated heterocycles. The fourth-order valence-electron chi connectivity index (χ4n) is 2.80. The average Bonchev–Trinajstić information content (AvgIpc) is 2.71. The van der Waals surface area contributed by atoms with Gasteiger partial charge in [0.05, 0.1) is 10.9 Å². The first-order valence-corrected chi connectivity index (χ1v) is 9.55. The minimum Gasteiger partial charge on any atom is -0.267 e. The Kier molecular flexibility index (Phi) is 4.98. The third-order valence-electron chi connectivity index (χ3n) is 4.20. The molecule has 0 bridgehead atoms. The Morgan fingerprint density at radius 3 is 2.36 bits per heavy atom. The second kappa shape index (κ2) is 7.58. The maximum atomic E-state index is 13.1. The Bertz CT molecular complexity index is 1240. The van der Waals surface area contributed by atoms with Crippen molar-refractivity contribution in [2.75, 3.05) is 5.43 Å². The van der Waals surface area contributed by atoms with Crippen molar-refractivity contribution in [2.24, 2.45) is 0 Å². The lowest BCUT2D eigenvalue weighted by molar-refractivity contribution is 0.101. The van der Waals surface area contributed by atoms with Gasteiger partial charge in [-0.3, -0.25) is 15.0 Å². The van der Waals surface area contributed by atoms with Gasteiger partial charge in [0.25, 0.3) is 11.5 Å². The topological polar surface area (TPSA) is 64.0 Å². The molecule has 0 atom stereocenters.